The van der Waals surface area contributed by atoms with Crippen LogP contribution in [0, 0.1) is 12.7 Å². The third kappa shape index (κ3) is 3.10. The zero-order valence-corrected chi connectivity index (χ0v) is 16.2. The summed E-state index contributed by atoms with van der Waals surface area (Å²) in [5.74, 6) is -1.06. The molecule has 0 saturated carbocycles. The van der Waals surface area contributed by atoms with Gasteiger partial charge in [0.2, 0.25) is 0 Å². The van der Waals surface area contributed by atoms with E-state index < -0.39 is 22.8 Å². The number of hydrogen-bond acceptors (Lipinski definition) is 5. The predicted octanol–water partition coefficient (Wildman–Crippen LogP) is 3.16. The van der Waals surface area contributed by atoms with Gasteiger partial charge in [-0.3, -0.25) is 9.78 Å². The Morgan fingerprint density at radius 1 is 1.26 bits per heavy atom. The summed E-state index contributed by atoms with van der Waals surface area (Å²) in [5, 5.41) is 0.293. The molecule has 0 unspecified atom stereocenters. The van der Waals surface area contributed by atoms with Crippen molar-refractivity contribution in [2.24, 2.45) is 0 Å². The second-order valence-electron chi connectivity index (χ2n) is 6.59. The number of esters is 1. The minimum atomic E-state index is -1.48. The van der Waals surface area contributed by atoms with Gasteiger partial charge in [-0.2, -0.15) is 0 Å². The number of halogens is 1. The van der Waals surface area contributed by atoms with Crippen molar-refractivity contribution in [3.63, 3.8) is 0 Å². The van der Waals surface area contributed by atoms with Gasteiger partial charge in [0.1, 0.15) is 16.2 Å². The first-order valence-electron chi connectivity index (χ1n) is 8.40. The van der Waals surface area contributed by atoms with Gasteiger partial charge >= 0.3 is 11.7 Å². The van der Waals surface area contributed by atoms with Gasteiger partial charge < -0.3 is 4.74 Å². The van der Waals surface area contributed by atoms with Crippen molar-refractivity contribution in [3.8, 4) is 11.1 Å². The van der Waals surface area contributed by atoms with Crippen molar-refractivity contribution in [3.05, 3.63) is 55.8 Å². The zero-order chi connectivity index (χ0) is 19.9. The summed E-state index contributed by atoms with van der Waals surface area (Å²) in [6.07, 6.45) is 0. The van der Waals surface area contributed by atoms with Crippen LogP contribution in [-0.2, 0) is 15.1 Å². The lowest BCUT2D eigenvalue weighted by molar-refractivity contribution is -0.152. The number of benzene rings is 1. The number of thiophene rings is 1. The third-order valence-corrected chi connectivity index (χ3v) is 5.41. The lowest BCUT2D eigenvalue weighted by atomic mass is 10.0. The van der Waals surface area contributed by atoms with Crippen LogP contribution in [0.3, 0.4) is 0 Å². The van der Waals surface area contributed by atoms with E-state index in [1.165, 1.54) is 37.3 Å². The number of rotatable bonds is 4. The normalized spacial score (nSPS) is 11.7. The largest absolute Gasteiger partial charge is 0.464 e. The van der Waals surface area contributed by atoms with E-state index in [2.05, 4.69) is 4.98 Å². The Morgan fingerprint density at radius 2 is 1.89 bits per heavy atom. The van der Waals surface area contributed by atoms with Gasteiger partial charge in [0, 0.05) is 10.4 Å². The summed E-state index contributed by atoms with van der Waals surface area (Å²) in [6.45, 7) is 6.53. The maximum Gasteiger partial charge on any atom is 0.332 e. The highest BCUT2D eigenvalue weighted by atomic mass is 32.1. The van der Waals surface area contributed by atoms with Gasteiger partial charge in [0.15, 0.2) is 0 Å². The zero-order valence-electron chi connectivity index (χ0n) is 15.4. The number of carbonyl (C=O) groups is 1. The lowest BCUT2D eigenvalue weighted by Crippen LogP contribution is -2.51. The van der Waals surface area contributed by atoms with E-state index in [9.17, 15) is 18.8 Å². The molecule has 0 amide bonds. The van der Waals surface area contributed by atoms with Crippen molar-refractivity contribution in [1.29, 1.82) is 0 Å². The fourth-order valence-electron chi connectivity index (χ4n) is 3.06. The topological polar surface area (TPSA) is 81.2 Å². The van der Waals surface area contributed by atoms with E-state index in [4.69, 9.17) is 4.74 Å². The Hall–Kier alpha value is -2.74. The number of hydrogen-bond donors (Lipinski definition) is 1. The molecule has 0 saturated heterocycles. The summed E-state index contributed by atoms with van der Waals surface area (Å²) in [5.41, 5.74) is -1.48. The number of fused-ring (bicyclic) bond motifs is 1. The lowest BCUT2D eigenvalue weighted by Gasteiger charge is -2.24. The molecule has 1 N–H and O–H groups in total. The maximum atomic E-state index is 13.3. The molecule has 0 fully saturated rings. The first-order chi connectivity index (χ1) is 12.7. The molecular formula is C19H19FN2O4S. The van der Waals surface area contributed by atoms with Crippen molar-refractivity contribution in [2.45, 2.75) is 33.2 Å². The van der Waals surface area contributed by atoms with Crippen LogP contribution >= 0.6 is 11.3 Å². The minimum Gasteiger partial charge on any atom is -0.464 e. The molecule has 2 heterocycles. The molecule has 1 aromatic carbocycles. The highest BCUT2D eigenvalue weighted by molar-refractivity contribution is 7.19. The number of H-pyrrole nitrogens is 1. The quantitative estimate of drug-likeness (QED) is 0.694. The van der Waals surface area contributed by atoms with E-state index in [1.807, 2.05) is 6.92 Å². The van der Waals surface area contributed by atoms with E-state index in [1.54, 1.807) is 19.1 Å². The smallest absolute Gasteiger partial charge is 0.332 e. The van der Waals surface area contributed by atoms with Crippen molar-refractivity contribution >= 4 is 27.5 Å². The fourth-order valence-corrected chi connectivity index (χ4v) is 4.12. The molecule has 3 aromatic rings. The van der Waals surface area contributed by atoms with Gasteiger partial charge in [0.25, 0.3) is 5.56 Å². The molecule has 8 heteroatoms. The second kappa shape index (κ2) is 6.77. The number of aryl methyl sites for hydroxylation is 1. The molecule has 0 aliphatic heterocycles. The molecule has 2 aromatic heterocycles. The number of nitrogens with one attached hydrogen (secondary N) is 1. The average Bonchev–Trinajstić information content (AvgIpc) is 2.91. The Labute approximate surface area is 158 Å². The van der Waals surface area contributed by atoms with Crippen LogP contribution in [0.2, 0.25) is 0 Å². The van der Waals surface area contributed by atoms with Crippen LogP contribution in [0.25, 0.3) is 21.3 Å². The molecule has 3 rings (SSSR count). The summed E-state index contributed by atoms with van der Waals surface area (Å²) < 4.78 is 19.2. The summed E-state index contributed by atoms with van der Waals surface area (Å²) in [7, 11) is 0. The summed E-state index contributed by atoms with van der Waals surface area (Å²) in [6, 6.07) is 5.78. The van der Waals surface area contributed by atoms with E-state index in [-0.39, 0.29) is 12.4 Å². The summed E-state index contributed by atoms with van der Waals surface area (Å²) >= 11 is 1.27. The Kier molecular flexibility index (Phi) is 4.77. The Morgan fingerprint density at radius 3 is 2.48 bits per heavy atom. The maximum absolute atomic E-state index is 13.3. The molecule has 142 valence electrons. The van der Waals surface area contributed by atoms with Gasteiger partial charge in [-0.1, -0.05) is 12.1 Å². The molecule has 0 aliphatic rings. The number of ether oxygens (including phenoxy) is 1. The van der Waals surface area contributed by atoms with Gasteiger partial charge in [-0.25, -0.2) is 18.5 Å². The predicted molar refractivity (Wildman–Crippen MR) is 103 cm³/mol. The standard InChI is InChI=1S/C19H19FN2O4S/c1-5-26-17(24)19(3,4)22-16(23)14-13(11-6-8-12(20)9-7-11)10(2)27-15(14)21-18(22)25/h6-9H,5H2,1-4H3,(H,21,25). The molecule has 6 nitrogen and oxygen atoms in total. The minimum absolute atomic E-state index is 0.134. The SMILES string of the molecule is CCOC(=O)C(C)(C)n1c(=O)[nH]c2sc(C)c(-c3ccc(F)cc3)c2c1=O. The van der Waals surface area contributed by atoms with Gasteiger partial charge in [-0.05, 0) is 45.4 Å². The van der Waals surface area contributed by atoms with Crippen molar-refractivity contribution < 1.29 is 13.9 Å². The second-order valence-corrected chi connectivity index (χ2v) is 7.82. The molecule has 0 bridgehead atoms. The number of aromatic nitrogens is 2. The number of carbonyl (C=O) groups excluding carboxylic acids is 1. The molecule has 0 atom stereocenters. The third-order valence-electron chi connectivity index (χ3n) is 4.39. The Balaban J connectivity index is 2.35. The first-order valence-corrected chi connectivity index (χ1v) is 9.22. The van der Waals surface area contributed by atoms with Crippen LogP contribution in [0.4, 0.5) is 4.39 Å². The number of aromatic amines is 1. The molecule has 0 spiro atoms. The van der Waals surface area contributed by atoms with Crippen molar-refractivity contribution in [1.82, 2.24) is 9.55 Å². The van der Waals surface area contributed by atoms with Gasteiger partial charge in [-0.15, -0.1) is 11.3 Å². The summed E-state index contributed by atoms with van der Waals surface area (Å²) in [4.78, 5) is 42.0. The van der Waals surface area contributed by atoms with Crippen LogP contribution in [0.15, 0.2) is 33.9 Å². The van der Waals surface area contributed by atoms with Crippen LogP contribution in [0.5, 0.6) is 0 Å². The monoisotopic (exact) mass is 390 g/mol. The molecule has 0 aliphatic carbocycles. The average molecular weight is 390 g/mol. The van der Waals surface area contributed by atoms with Crippen LogP contribution in [-0.4, -0.2) is 22.1 Å². The molecule has 27 heavy (non-hydrogen) atoms. The Bertz CT molecular complexity index is 1140. The number of nitrogens with zero attached hydrogens (tertiary/aromatic N) is 1. The first kappa shape index (κ1) is 19.0. The molecular weight excluding hydrogens is 371 g/mol. The van der Waals surface area contributed by atoms with E-state index in [0.717, 1.165) is 9.44 Å². The van der Waals surface area contributed by atoms with E-state index in [0.29, 0.717) is 21.3 Å². The van der Waals surface area contributed by atoms with Crippen LogP contribution < -0.4 is 11.2 Å². The fraction of sp³-hybridized carbons (Fsp3) is 0.316. The molecule has 0 radical (unpaired) electrons. The van der Waals surface area contributed by atoms with Crippen molar-refractivity contribution in [2.75, 3.05) is 6.61 Å². The highest BCUT2D eigenvalue weighted by Crippen LogP contribution is 2.35. The van der Waals surface area contributed by atoms with Gasteiger partial charge in [0.05, 0.1) is 12.0 Å². The highest BCUT2D eigenvalue weighted by Gasteiger charge is 2.35. The van der Waals surface area contributed by atoms with Crippen LogP contribution in [0.1, 0.15) is 25.6 Å². The van der Waals surface area contributed by atoms with E-state index >= 15 is 0 Å².